The molecule has 1 aromatic heterocycles. The molecule has 5 heteroatoms. The van der Waals surface area contributed by atoms with Gasteiger partial charge in [-0.15, -0.1) is 11.3 Å². The molecule has 132 valence electrons. The number of halogens is 2. The molecule has 0 nitrogen and oxygen atoms in total. The van der Waals surface area contributed by atoms with Gasteiger partial charge in [-0.1, -0.05) is 51.4 Å². The van der Waals surface area contributed by atoms with Crippen LogP contribution in [0.2, 0.25) is 0 Å². The van der Waals surface area contributed by atoms with Crippen LogP contribution in [0.4, 0.5) is 0 Å². The third-order valence-corrected chi connectivity index (χ3v) is 10.7. The van der Waals surface area contributed by atoms with E-state index in [9.17, 15) is 0 Å². The predicted octanol–water partition coefficient (Wildman–Crippen LogP) is 8.65. The molecule has 0 saturated heterocycles. The first kappa shape index (κ1) is 20.7. The highest BCUT2D eigenvalue weighted by Gasteiger charge is 2.14. The molecule has 0 aromatic carbocycles. The topological polar surface area (TPSA) is 0 Å². The number of fused-ring (bicyclic) bond motifs is 2. The van der Waals surface area contributed by atoms with E-state index in [4.69, 9.17) is 0 Å². The highest BCUT2D eigenvalue weighted by atomic mass is 79.9. The van der Waals surface area contributed by atoms with Crippen LogP contribution < -0.4 is 0 Å². The molecule has 0 fully saturated rings. The summed E-state index contributed by atoms with van der Waals surface area (Å²) in [7, 11) is 0. The fourth-order valence-corrected chi connectivity index (χ4v) is 8.12. The number of rotatable bonds is 0. The molecule has 23 heavy (non-hydrogen) atoms. The van der Waals surface area contributed by atoms with Crippen LogP contribution in [0, 0.1) is 0 Å². The second-order valence-corrected chi connectivity index (χ2v) is 11.2. The maximum absolute atomic E-state index is 3.79. The van der Waals surface area contributed by atoms with Gasteiger partial charge in [0.05, 0.1) is 0 Å². The number of thioether (sulfide) groups is 2. The molecule has 0 unspecified atom stereocenters. The standard InChI is InChI=1S/C18H28Br2S3/c19-17-15-13-21-11-9-7-5-3-1-2-4-6-8-10-12-22-14-16(23-15)18(17)20/h1-14H2. The van der Waals surface area contributed by atoms with Crippen molar-refractivity contribution in [1.29, 1.82) is 0 Å². The lowest BCUT2D eigenvalue weighted by molar-refractivity contribution is 0.564. The summed E-state index contributed by atoms with van der Waals surface area (Å²) in [5.41, 5.74) is 0. The van der Waals surface area contributed by atoms with Crippen molar-refractivity contribution in [1.82, 2.24) is 0 Å². The Hall–Kier alpha value is 1.36. The summed E-state index contributed by atoms with van der Waals surface area (Å²) in [5.74, 6) is 4.95. The molecular weight excluding hydrogens is 472 g/mol. The summed E-state index contributed by atoms with van der Waals surface area (Å²) in [5, 5.41) is 0. The normalized spacial score (nSPS) is 20.4. The second kappa shape index (κ2) is 12.7. The third kappa shape index (κ3) is 8.06. The first-order chi connectivity index (χ1) is 11.3. The van der Waals surface area contributed by atoms with Crippen LogP contribution in [0.1, 0.15) is 74.0 Å². The van der Waals surface area contributed by atoms with E-state index < -0.39 is 0 Å². The maximum atomic E-state index is 3.79. The van der Waals surface area contributed by atoms with Crippen LogP contribution in [-0.4, -0.2) is 11.5 Å². The van der Waals surface area contributed by atoms with Gasteiger partial charge in [-0.05, 0) is 56.2 Å². The van der Waals surface area contributed by atoms with Gasteiger partial charge in [0.25, 0.3) is 0 Å². The fourth-order valence-electron chi connectivity index (χ4n) is 2.82. The minimum Gasteiger partial charge on any atom is -0.156 e. The first-order valence-electron chi connectivity index (χ1n) is 8.90. The Morgan fingerprint density at radius 1 is 0.522 bits per heavy atom. The van der Waals surface area contributed by atoms with Crippen LogP contribution in [0.25, 0.3) is 0 Å². The smallest absolute Gasteiger partial charge is 0.0468 e. The van der Waals surface area contributed by atoms with Crippen molar-refractivity contribution in [2.24, 2.45) is 0 Å². The zero-order valence-electron chi connectivity index (χ0n) is 13.9. The monoisotopic (exact) mass is 498 g/mol. The van der Waals surface area contributed by atoms with E-state index in [0.29, 0.717) is 0 Å². The van der Waals surface area contributed by atoms with Crippen molar-refractivity contribution in [2.75, 3.05) is 11.5 Å². The van der Waals surface area contributed by atoms with Crippen LogP contribution in [0.3, 0.4) is 0 Å². The largest absolute Gasteiger partial charge is 0.156 e. The molecule has 0 aliphatic carbocycles. The van der Waals surface area contributed by atoms with Gasteiger partial charge < -0.3 is 0 Å². The molecule has 2 heterocycles. The molecule has 0 amide bonds. The Labute approximate surface area is 171 Å². The Morgan fingerprint density at radius 2 is 0.870 bits per heavy atom. The van der Waals surface area contributed by atoms with Crippen molar-refractivity contribution in [3.8, 4) is 0 Å². The predicted molar refractivity (Wildman–Crippen MR) is 118 cm³/mol. The minimum absolute atomic E-state index is 1.16. The average Bonchev–Trinajstić information content (AvgIpc) is 2.82. The van der Waals surface area contributed by atoms with Gasteiger partial charge in [0.15, 0.2) is 0 Å². The minimum atomic E-state index is 1.16. The highest BCUT2D eigenvalue weighted by molar-refractivity contribution is 9.13. The summed E-state index contributed by atoms with van der Waals surface area (Å²) in [6.45, 7) is 0. The molecule has 0 N–H and O–H groups in total. The second-order valence-electron chi connectivity index (χ2n) is 6.22. The summed E-state index contributed by atoms with van der Waals surface area (Å²) in [6, 6.07) is 0. The van der Waals surface area contributed by atoms with Crippen molar-refractivity contribution in [3.05, 3.63) is 18.7 Å². The van der Waals surface area contributed by atoms with E-state index in [0.717, 1.165) is 11.5 Å². The average molecular weight is 500 g/mol. The molecule has 0 atom stereocenters. The van der Waals surface area contributed by atoms with Crippen molar-refractivity contribution < 1.29 is 0 Å². The molecule has 1 aliphatic rings. The van der Waals surface area contributed by atoms with Crippen molar-refractivity contribution >= 4 is 66.7 Å². The molecule has 2 rings (SSSR count). The van der Waals surface area contributed by atoms with Gasteiger partial charge >= 0.3 is 0 Å². The summed E-state index contributed by atoms with van der Waals surface area (Å²) < 4.78 is 2.61. The van der Waals surface area contributed by atoms with Gasteiger partial charge in [0.2, 0.25) is 0 Å². The molecule has 1 aromatic rings. The zero-order chi connectivity index (χ0) is 16.3. The lowest BCUT2D eigenvalue weighted by Crippen LogP contribution is -1.86. The Balaban J connectivity index is 1.84. The fraction of sp³-hybridized carbons (Fsp3) is 0.778. The SMILES string of the molecule is Brc1c2sc(c1Br)CSCCCCCCCCCCCCSC2. The van der Waals surface area contributed by atoms with Crippen molar-refractivity contribution in [3.63, 3.8) is 0 Å². The molecular formula is C18H28Br2S3. The molecule has 0 spiro atoms. The quantitative estimate of drug-likeness (QED) is 0.350. The van der Waals surface area contributed by atoms with Gasteiger partial charge in [-0.25, -0.2) is 0 Å². The molecule has 2 bridgehead atoms. The number of hydrogen-bond donors (Lipinski definition) is 0. The van der Waals surface area contributed by atoms with Crippen LogP contribution in [0.15, 0.2) is 8.95 Å². The Bertz CT molecular complexity index is 407. The van der Waals surface area contributed by atoms with Crippen LogP contribution >= 0.6 is 66.7 Å². The van der Waals surface area contributed by atoms with Gasteiger partial charge in [-0.3, -0.25) is 0 Å². The molecule has 1 aliphatic heterocycles. The highest BCUT2D eigenvalue weighted by Crippen LogP contribution is 2.41. The van der Waals surface area contributed by atoms with E-state index in [2.05, 4.69) is 55.4 Å². The van der Waals surface area contributed by atoms with Crippen molar-refractivity contribution in [2.45, 2.75) is 75.7 Å². The van der Waals surface area contributed by atoms with Gasteiger partial charge in [0, 0.05) is 30.2 Å². The maximum Gasteiger partial charge on any atom is 0.0468 e. The molecule has 0 saturated carbocycles. The Kier molecular flexibility index (Phi) is 11.4. The van der Waals surface area contributed by atoms with Gasteiger partial charge in [-0.2, -0.15) is 23.5 Å². The van der Waals surface area contributed by atoms with Gasteiger partial charge in [0.1, 0.15) is 0 Å². The zero-order valence-corrected chi connectivity index (χ0v) is 19.5. The summed E-state index contributed by atoms with van der Waals surface area (Å²) in [6.07, 6.45) is 14.3. The summed E-state index contributed by atoms with van der Waals surface area (Å²) >= 11 is 13.8. The van der Waals surface area contributed by atoms with E-state index in [-0.39, 0.29) is 0 Å². The van der Waals surface area contributed by atoms with E-state index in [1.54, 1.807) is 0 Å². The first-order valence-corrected chi connectivity index (χ1v) is 13.6. The lowest BCUT2D eigenvalue weighted by Gasteiger charge is -2.04. The lowest BCUT2D eigenvalue weighted by atomic mass is 10.1. The number of hydrogen-bond acceptors (Lipinski definition) is 3. The van der Waals surface area contributed by atoms with Crippen LogP contribution in [-0.2, 0) is 11.5 Å². The van der Waals surface area contributed by atoms with Crippen LogP contribution in [0.5, 0.6) is 0 Å². The Morgan fingerprint density at radius 3 is 1.26 bits per heavy atom. The summed E-state index contributed by atoms with van der Waals surface area (Å²) in [4.78, 5) is 3.02. The van der Waals surface area contributed by atoms with E-state index in [1.165, 1.54) is 94.4 Å². The van der Waals surface area contributed by atoms with E-state index in [1.807, 2.05) is 11.3 Å². The molecule has 0 radical (unpaired) electrons. The number of thiophene rings is 1. The third-order valence-electron chi connectivity index (χ3n) is 4.22. The van der Waals surface area contributed by atoms with E-state index >= 15 is 0 Å².